The molecule has 0 fully saturated rings. The maximum absolute atomic E-state index is 9.59. The number of para-hydroxylation sites is 1. The minimum absolute atomic E-state index is 0.454. The second-order valence-electron chi connectivity index (χ2n) is 7.50. The van der Waals surface area contributed by atoms with E-state index in [1.165, 1.54) is 0 Å². The first kappa shape index (κ1) is 20.2. The van der Waals surface area contributed by atoms with Gasteiger partial charge in [-0.3, -0.25) is 0 Å². The minimum Gasteiger partial charge on any atom is -0.236 e. The summed E-state index contributed by atoms with van der Waals surface area (Å²) < 4.78 is 1.11. The fourth-order valence-electron chi connectivity index (χ4n) is 3.76. The first-order valence-corrected chi connectivity index (χ1v) is 11.0. The molecule has 0 N–H and O–H groups in total. The van der Waals surface area contributed by atoms with Crippen molar-refractivity contribution >= 4 is 21.6 Å². The van der Waals surface area contributed by atoms with Crippen molar-refractivity contribution in [2.45, 2.75) is 0 Å². The highest BCUT2D eigenvalue weighted by atomic mass is 32.1. The number of rotatable bonds is 3. The Labute approximate surface area is 194 Å². The summed E-state index contributed by atoms with van der Waals surface area (Å²) in [5, 5.41) is 29.0. The molecular weight excluding hydrogens is 424 g/mol. The van der Waals surface area contributed by atoms with Crippen molar-refractivity contribution < 1.29 is 0 Å². The third kappa shape index (κ3) is 3.95. The molecule has 0 amide bonds. The standard InChI is InChI=1S/C28H14N4S/c29-15-18-9-19(16-30)11-23(10-18)21-5-7-22(8-6-21)24-12-20(17-31)13-25(14-24)28-32-26-3-1-2-4-27(26)33-28/h1-14H. The highest BCUT2D eigenvalue weighted by molar-refractivity contribution is 7.21. The van der Waals surface area contributed by atoms with E-state index in [9.17, 15) is 15.8 Å². The third-order valence-electron chi connectivity index (χ3n) is 5.35. The quantitative estimate of drug-likeness (QED) is 0.306. The van der Waals surface area contributed by atoms with Crippen molar-refractivity contribution in [2.24, 2.45) is 0 Å². The van der Waals surface area contributed by atoms with Gasteiger partial charge in [0.05, 0.1) is 45.1 Å². The van der Waals surface area contributed by atoms with Gasteiger partial charge in [-0.25, -0.2) is 4.98 Å². The molecule has 0 bridgehead atoms. The Morgan fingerprint density at radius 1 is 0.545 bits per heavy atom. The summed E-state index contributed by atoms with van der Waals surface area (Å²) in [6.45, 7) is 0. The Hall–Kier alpha value is -4.76. The van der Waals surface area contributed by atoms with Crippen LogP contribution < -0.4 is 0 Å². The van der Waals surface area contributed by atoms with E-state index < -0.39 is 0 Å². The number of thiazole rings is 1. The van der Waals surface area contributed by atoms with Gasteiger partial charge in [-0.15, -0.1) is 11.3 Å². The van der Waals surface area contributed by atoms with Gasteiger partial charge in [-0.1, -0.05) is 36.4 Å². The Kier molecular flexibility index (Phi) is 5.13. The lowest BCUT2D eigenvalue weighted by molar-refractivity contribution is 1.44. The van der Waals surface area contributed by atoms with Crippen LogP contribution >= 0.6 is 11.3 Å². The molecule has 4 aromatic carbocycles. The summed E-state index contributed by atoms with van der Waals surface area (Å²) in [6.07, 6.45) is 0. The van der Waals surface area contributed by atoms with Crippen LogP contribution in [0.5, 0.6) is 0 Å². The van der Waals surface area contributed by atoms with E-state index >= 15 is 0 Å². The molecule has 5 aromatic rings. The van der Waals surface area contributed by atoms with Crippen LogP contribution in [0, 0.1) is 34.0 Å². The summed E-state index contributed by atoms with van der Waals surface area (Å²) in [5.74, 6) is 0. The fraction of sp³-hybridized carbons (Fsp3) is 0. The van der Waals surface area contributed by atoms with Crippen LogP contribution in [-0.2, 0) is 0 Å². The third-order valence-corrected chi connectivity index (χ3v) is 6.43. The molecule has 0 saturated carbocycles. The largest absolute Gasteiger partial charge is 0.236 e. The molecule has 0 aliphatic carbocycles. The van der Waals surface area contributed by atoms with E-state index in [4.69, 9.17) is 4.98 Å². The van der Waals surface area contributed by atoms with Crippen molar-refractivity contribution in [2.75, 3.05) is 0 Å². The molecule has 1 aromatic heterocycles. The number of benzene rings is 4. The van der Waals surface area contributed by atoms with Gasteiger partial charge >= 0.3 is 0 Å². The van der Waals surface area contributed by atoms with Crippen molar-refractivity contribution in [3.8, 4) is 51.0 Å². The Morgan fingerprint density at radius 2 is 1.06 bits per heavy atom. The van der Waals surface area contributed by atoms with Crippen LogP contribution in [0.1, 0.15) is 16.7 Å². The molecule has 5 heteroatoms. The molecule has 0 saturated heterocycles. The van der Waals surface area contributed by atoms with Crippen molar-refractivity contribution in [1.29, 1.82) is 15.8 Å². The summed E-state index contributed by atoms with van der Waals surface area (Å²) in [4.78, 5) is 4.74. The maximum Gasteiger partial charge on any atom is 0.124 e. The van der Waals surface area contributed by atoms with Gasteiger partial charge in [0.2, 0.25) is 0 Å². The molecule has 0 unspecified atom stereocenters. The van der Waals surface area contributed by atoms with Crippen LogP contribution in [0.4, 0.5) is 0 Å². The van der Waals surface area contributed by atoms with Gasteiger partial charge in [0.1, 0.15) is 5.01 Å². The summed E-state index contributed by atoms with van der Waals surface area (Å²) in [7, 11) is 0. The molecule has 0 aliphatic rings. The maximum atomic E-state index is 9.59. The SMILES string of the molecule is N#Cc1cc(C#N)cc(-c2ccc(-c3cc(C#N)cc(-c4nc5ccccc5s4)c3)cc2)c1. The monoisotopic (exact) mass is 438 g/mol. The second-order valence-corrected chi connectivity index (χ2v) is 8.53. The van der Waals surface area contributed by atoms with Gasteiger partial charge in [-0.05, 0) is 70.8 Å². The van der Waals surface area contributed by atoms with E-state index in [1.807, 2.05) is 60.7 Å². The van der Waals surface area contributed by atoms with E-state index in [1.54, 1.807) is 29.5 Å². The first-order valence-electron chi connectivity index (χ1n) is 10.1. The zero-order valence-electron chi connectivity index (χ0n) is 17.3. The van der Waals surface area contributed by atoms with E-state index in [0.717, 1.165) is 43.0 Å². The molecule has 152 valence electrons. The predicted octanol–water partition coefficient (Wildman–Crippen LogP) is 6.91. The number of nitrogens with zero attached hydrogens (tertiary/aromatic N) is 4. The zero-order valence-corrected chi connectivity index (χ0v) is 18.1. The molecule has 5 rings (SSSR count). The number of hydrogen-bond donors (Lipinski definition) is 0. The molecule has 0 spiro atoms. The Bertz CT molecular complexity index is 1580. The topological polar surface area (TPSA) is 84.3 Å². The van der Waals surface area contributed by atoms with E-state index in [-0.39, 0.29) is 0 Å². The number of hydrogen-bond acceptors (Lipinski definition) is 5. The molecule has 0 atom stereocenters. The van der Waals surface area contributed by atoms with Crippen LogP contribution in [0.15, 0.2) is 84.9 Å². The van der Waals surface area contributed by atoms with Crippen molar-refractivity contribution in [3.63, 3.8) is 0 Å². The fourth-order valence-corrected chi connectivity index (χ4v) is 4.71. The minimum atomic E-state index is 0.454. The highest BCUT2D eigenvalue weighted by Gasteiger charge is 2.11. The smallest absolute Gasteiger partial charge is 0.124 e. The lowest BCUT2D eigenvalue weighted by Gasteiger charge is -2.08. The average Bonchev–Trinajstić information content (AvgIpc) is 3.32. The molecule has 0 radical (unpaired) electrons. The molecule has 33 heavy (non-hydrogen) atoms. The van der Waals surface area contributed by atoms with Gasteiger partial charge < -0.3 is 0 Å². The Balaban J connectivity index is 1.55. The lowest BCUT2D eigenvalue weighted by Crippen LogP contribution is -1.87. The zero-order chi connectivity index (χ0) is 22.8. The van der Waals surface area contributed by atoms with Crippen LogP contribution in [0.2, 0.25) is 0 Å². The van der Waals surface area contributed by atoms with Gasteiger partial charge in [0.15, 0.2) is 0 Å². The first-order chi connectivity index (χ1) is 16.2. The highest BCUT2D eigenvalue weighted by Crippen LogP contribution is 2.34. The molecule has 0 aliphatic heterocycles. The normalized spacial score (nSPS) is 10.3. The van der Waals surface area contributed by atoms with Crippen LogP contribution in [0.3, 0.4) is 0 Å². The predicted molar refractivity (Wildman–Crippen MR) is 130 cm³/mol. The summed E-state index contributed by atoms with van der Waals surface area (Å²) >= 11 is 1.61. The van der Waals surface area contributed by atoms with Gasteiger partial charge in [0, 0.05) is 5.56 Å². The Morgan fingerprint density at radius 3 is 1.64 bits per heavy atom. The van der Waals surface area contributed by atoms with Crippen LogP contribution in [0.25, 0.3) is 43.0 Å². The van der Waals surface area contributed by atoms with Gasteiger partial charge in [0.25, 0.3) is 0 Å². The number of nitriles is 3. The lowest BCUT2D eigenvalue weighted by atomic mass is 9.96. The van der Waals surface area contributed by atoms with Gasteiger partial charge in [-0.2, -0.15) is 15.8 Å². The molecule has 1 heterocycles. The van der Waals surface area contributed by atoms with E-state index in [0.29, 0.717) is 16.7 Å². The van der Waals surface area contributed by atoms with Crippen molar-refractivity contribution in [1.82, 2.24) is 4.98 Å². The molecular formula is C28H14N4S. The van der Waals surface area contributed by atoms with Crippen LogP contribution in [-0.4, -0.2) is 4.98 Å². The van der Waals surface area contributed by atoms with Crippen molar-refractivity contribution in [3.05, 3.63) is 102 Å². The number of fused-ring (bicyclic) bond motifs is 1. The average molecular weight is 439 g/mol. The van der Waals surface area contributed by atoms with E-state index in [2.05, 4.69) is 24.3 Å². The summed E-state index contributed by atoms with van der Waals surface area (Å²) in [6, 6.07) is 33.3. The molecule has 4 nitrogen and oxygen atoms in total. The second kappa shape index (κ2) is 8.40. The number of aromatic nitrogens is 1. The summed E-state index contributed by atoms with van der Waals surface area (Å²) in [5.41, 5.74) is 6.97.